The van der Waals surface area contributed by atoms with Crippen LogP contribution in [0, 0.1) is 107 Å². The SMILES string of the molecule is CC(C)C1CCCC1.CC(C)C1CCCC1.CC(C)C1CCCN(C)C1.CC(C)C1CCCNC1.CC(C)C1CCCOC1.CC(C)C1CCN(C)C1.CC(C)C1CCN(C)CC1.CC(C)C1CCNCC1.CC(C)C1CCOCC1. The first kappa shape index (κ1) is 78.7. The lowest BCUT2D eigenvalue weighted by Gasteiger charge is -2.31. The molecule has 0 radical (unpaired) electrons. The second-order valence-corrected chi connectivity index (χ2v) is 31.0. The minimum absolute atomic E-state index is 0.810. The first-order valence-corrected chi connectivity index (χ1v) is 36.0. The molecule has 0 amide bonds. The summed E-state index contributed by atoms with van der Waals surface area (Å²) in [4.78, 5) is 7.30. The standard InChI is InChI=1S/2C9H19N.3C8H17N.2C8H16O.2C8H16/c1-8(2)9-4-6-10(3)7-5-9;1-8(2)9-5-4-6-10(3)7-9;1-7(2)8-4-5-9(3)6-8;1-7(2)8-3-5-9-6-4-8;1-7(2)8-4-3-5-9-6-8;1-7(2)8-3-5-9-6-4-8;1-7(2)8-4-3-5-9-6-8;2*1-7(2)8-5-3-4-6-8/h2*8-9H,4-7H2,1-3H3;7-8H,4-6H2,1-3H3;2*7-9H,3-6H2,1-2H3;2*7-8H,3-6H2,1-2H3;2*7-8H,3-6H2,1-2H3. The van der Waals surface area contributed by atoms with Crippen LogP contribution in [0.2, 0.25) is 0 Å². The Morgan fingerprint density at radius 3 is 0.914 bits per heavy atom. The van der Waals surface area contributed by atoms with Crippen LogP contribution in [0.3, 0.4) is 0 Å². The van der Waals surface area contributed by atoms with E-state index in [0.29, 0.717) is 0 Å². The molecule has 7 saturated heterocycles. The molecular formula is C74H153N5O2. The first-order chi connectivity index (χ1) is 38.4. The minimum Gasteiger partial charge on any atom is -0.381 e. The van der Waals surface area contributed by atoms with Gasteiger partial charge >= 0.3 is 0 Å². The lowest BCUT2D eigenvalue weighted by molar-refractivity contribution is 0.0373. The Labute approximate surface area is 511 Å². The molecule has 0 aromatic rings. The summed E-state index contributed by atoms with van der Waals surface area (Å²) >= 11 is 0. The van der Waals surface area contributed by atoms with Crippen LogP contribution in [0.25, 0.3) is 0 Å². The van der Waals surface area contributed by atoms with E-state index in [2.05, 4.69) is 171 Å². The summed E-state index contributed by atoms with van der Waals surface area (Å²) in [6.07, 6.45) is 29.8. The van der Waals surface area contributed by atoms with Crippen molar-refractivity contribution in [2.75, 3.05) is 113 Å². The van der Waals surface area contributed by atoms with Crippen molar-refractivity contribution in [1.82, 2.24) is 25.3 Å². The van der Waals surface area contributed by atoms with Gasteiger partial charge in [-0.3, -0.25) is 0 Å². The third-order valence-corrected chi connectivity index (χ3v) is 21.3. The van der Waals surface area contributed by atoms with Crippen LogP contribution in [0.1, 0.15) is 259 Å². The first-order valence-electron chi connectivity index (χ1n) is 36.0. The number of nitrogens with zero attached hydrogens (tertiary/aromatic N) is 3. The highest BCUT2D eigenvalue weighted by Crippen LogP contribution is 2.32. The quantitative estimate of drug-likeness (QED) is 0.239. The van der Waals surface area contributed by atoms with Crippen molar-refractivity contribution >= 4 is 0 Å². The van der Waals surface area contributed by atoms with Crippen molar-refractivity contribution in [3.8, 4) is 0 Å². The molecule has 2 saturated carbocycles. The van der Waals surface area contributed by atoms with Gasteiger partial charge in [-0.15, -0.1) is 0 Å². The zero-order valence-electron chi connectivity index (χ0n) is 59.3. The number of piperidine rings is 4. The molecule has 0 bridgehead atoms. The second-order valence-electron chi connectivity index (χ2n) is 31.0. The molecule has 81 heavy (non-hydrogen) atoms. The summed E-state index contributed by atoms with van der Waals surface area (Å²) < 4.78 is 10.6. The topological polar surface area (TPSA) is 52.2 Å². The molecule has 9 aliphatic rings. The van der Waals surface area contributed by atoms with Gasteiger partial charge in [0.1, 0.15) is 0 Å². The van der Waals surface area contributed by atoms with E-state index in [1.54, 1.807) is 0 Å². The molecule has 0 spiro atoms. The van der Waals surface area contributed by atoms with Crippen molar-refractivity contribution in [3.05, 3.63) is 0 Å². The molecule has 7 heterocycles. The van der Waals surface area contributed by atoms with E-state index in [0.717, 1.165) is 133 Å². The normalized spacial score (nSPS) is 26.0. The van der Waals surface area contributed by atoms with Crippen LogP contribution < -0.4 is 10.6 Å². The van der Waals surface area contributed by atoms with E-state index in [1.165, 1.54) is 200 Å². The zero-order valence-corrected chi connectivity index (χ0v) is 59.3. The number of rotatable bonds is 9. The van der Waals surface area contributed by atoms with Gasteiger partial charge < -0.3 is 34.8 Å². The Hall–Kier alpha value is -0.280. The summed E-state index contributed by atoms with van der Waals surface area (Å²) in [6, 6.07) is 0. The number of nitrogens with one attached hydrogen (secondary N) is 2. The highest BCUT2D eigenvalue weighted by molar-refractivity contribution is 4.77. The number of ether oxygens (including phenoxy) is 2. The Kier molecular flexibility index (Phi) is 46.4. The fourth-order valence-electron chi connectivity index (χ4n) is 13.8. The van der Waals surface area contributed by atoms with Crippen LogP contribution in [-0.4, -0.2) is 128 Å². The van der Waals surface area contributed by atoms with E-state index in [1.807, 2.05) is 0 Å². The number of hydrogen-bond donors (Lipinski definition) is 2. The van der Waals surface area contributed by atoms with Gasteiger partial charge in [-0.05, 0) is 263 Å². The molecule has 2 N–H and O–H groups in total. The molecule has 9 rings (SSSR count). The molecule has 7 aliphatic heterocycles. The van der Waals surface area contributed by atoms with E-state index >= 15 is 0 Å². The Morgan fingerprint density at radius 1 is 0.272 bits per heavy atom. The van der Waals surface area contributed by atoms with Crippen molar-refractivity contribution in [2.45, 2.75) is 259 Å². The monoisotopic (exact) mass is 1140 g/mol. The summed E-state index contributed by atoms with van der Waals surface area (Å²) in [6.45, 7) is 58.6. The smallest absolute Gasteiger partial charge is 0.0496 e. The lowest BCUT2D eigenvalue weighted by Crippen LogP contribution is -2.34. The predicted molar refractivity (Wildman–Crippen MR) is 362 cm³/mol. The molecule has 7 nitrogen and oxygen atoms in total. The van der Waals surface area contributed by atoms with E-state index < -0.39 is 0 Å². The third kappa shape index (κ3) is 39.3. The molecular weight excluding hydrogens is 991 g/mol. The van der Waals surface area contributed by atoms with E-state index in [4.69, 9.17) is 9.47 Å². The number of hydrogen-bond acceptors (Lipinski definition) is 7. The average Bonchev–Trinajstić information content (AvgIpc) is 4.30. The molecule has 0 aromatic carbocycles. The zero-order chi connectivity index (χ0) is 60.7. The third-order valence-electron chi connectivity index (χ3n) is 21.3. The van der Waals surface area contributed by atoms with Crippen molar-refractivity contribution in [1.29, 1.82) is 0 Å². The van der Waals surface area contributed by atoms with Gasteiger partial charge in [0.15, 0.2) is 0 Å². The van der Waals surface area contributed by atoms with Gasteiger partial charge in [-0.1, -0.05) is 176 Å². The predicted octanol–water partition coefficient (Wildman–Crippen LogP) is 18.6. The fraction of sp³-hybridized carbons (Fsp3) is 1.00. The van der Waals surface area contributed by atoms with Gasteiger partial charge in [0.05, 0.1) is 0 Å². The molecule has 9 fully saturated rings. The summed E-state index contributed by atoms with van der Waals surface area (Å²) in [7, 11) is 6.66. The molecule has 486 valence electrons. The maximum Gasteiger partial charge on any atom is 0.0496 e. The lowest BCUT2D eigenvalue weighted by atomic mass is 9.87. The summed E-state index contributed by atoms with van der Waals surface area (Å²) in [5, 5.41) is 6.79. The highest BCUT2D eigenvalue weighted by Gasteiger charge is 2.24. The van der Waals surface area contributed by atoms with Gasteiger partial charge in [0, 0.05) is 39.5 Å². The maximum absolute atomic E-state index is 5.34. The second kappa shape index (κ2) is 47.7. The van der Waals surface area contributed by atoms with Crippen LogP contribution in [-0.2, 0) is 9.47 Å². The van der Waals surface area contributed by atoms with Crippen LogP contribution in [0.4, 0.5) is 0 Å². The highest BCUT2D eigenvalue weighted by atomic mass is 16.5. The Bertz CT molecular complexity index is 1220. The van der Waals surface area contributed by atoms with E-state index in [9.17, 15) is 0 Å². The van der Waals surface area contributed by atoms with Crippen LogP contribution >= 0.6 is 0 Å². The van der Waals surface area contributed by atoms with Gasteiger partial charge in [-0.25, -0.2) is 0 Å². The van der Waals surface area contributed by atoms with E-state index in [-0.39, 0.29) is 0 Å². The molecule has 7 heteroatoms. The van der Waals surface area contributed by atoms with Gasteiger partial charge in [0.25, 0.3) is 0 Å². The Morgan fingerprint density at radius 2 is 0.617 bits per heavy atom. The van der Waals surface area contributed by atoms with Gasteiger partial charge in [0.2, 0.25) is 0 Å². The molecule has 2 aliphatic carbocycles. The van der Waals surface area contributed by atoms with Crippen LogP contribution in [0.5, 0.6) is 0 Å². The molecule has 4 atom stereocenters. The van der Waals surface area contributed by atoms with Crippen molar-refractivity contribution < 1.29 is 9.47 Å². The molecule has 0 aromatic heterocycles. The van der Waals surface area contributed by atoms with Crippen molar-refractivity contribution in [3.63, 3.8) is 0 Å². The molecule has 4 unspecified atom stereocenters. The Balaban J connectivity index is 0.000000456. The largest absolute Gasteiger partial charge is 0.381 e. The average molecular weight is 1150 g/mol. The van der Waals surface area contributed by atoms with Gasteiger partial charge in [-0.2, -0.15) is 0 Å². The summed E-state index contributed by atoms with van der Waals surface area (Å²) in [5.41, 5.74) is 0. The van der Waals surface area contributed by atoms with Crippen molar-refractivity contribution in [2.24, 2.45) is 107 Å². The summed E-state index contributed by atoms with van der Waals surface area (Å²) in [5.74, 6) is 16.7. The number of likely N-dealkylation sites (tertiary alicyclic amines) is 3. The maximum atomic E-state index is 5.34. The van der Waals surface area contributed by atoms with Crippen LogP contribution in [0.15, 0.2) is 0 Å². The minimum atomic E-state index is 0.810. The fourth-order valence-corrected chi connectivity index (χ4v) is 13.8.